The van der Waals surface area contributed by atoms with Gasteiger partial charge in [-0.25, -0.2) is 0 Å². The van der Waals surface area contributed by atoms with Gasteiger partial charge in [0.1, 0.15) is 5.69 Å². The van der Waals surface area contributed by atoms with Crippen LogP contribution in [-0.2, 0) is 13.0 Å². The number of nitrogens with zero attached hydrogens (tertiary/aromatic N) is 3. The average Bonchev–Trinajstić information content (AvgIpc) is 3.51. The minimum atomic E-state index is -0.256. The van der Waals surface area contributed by atoms with E-state index >= 15 is 0 Å². The second kappa shape index (κ2) is 8.38. The molecule has 0 saturated heterocycles. The van der Waals surface area contributed by atoms with Crippen molar-refractivity contribution >= 4 is 11.8 Å². The third kappa shape index (κ3) is 4.38. The highest BCUT2D eigenvalue weighted by molar-refractivity contribution is 5.98. The molecule has 1 aliphatic carbocycles. The van der Waals surface area contributed by atoms with Gasteiger partial charge in [-0.2, -0.15) is 5.10 Å². The topological polar surface area (TPSA) is 67.2 Å². The maximum atomic E-state index is 13.1. The van der Waals surface area contributed by atoms with Crippen LogP contribution in [0.4, 0.5) is 0 Å². The second-order valence-electron chi connectivity index (χ2n) is 8.46. The minimum absolute atomic E-state index is 0.0198. The van der Waals surface area contributed by atoms with Gasteiger partial charge in [0.05, 0.1) is 12.6 Å². The lowest BCUT2D eigenvalue weighted by atomic mass is 9.98. The number of aromatic nitrogens is 2. The van der Waals surface area contributed by atoms with E-state index in [-0.39, 0.29) is 17.9 Å². The van der Waals surface area contributed by atoms with Crippen molar-refractivity contribution in [3.05, 3.63) is 89.2 Å². The van der Waals surface area contributed by atoms with Crippen LogP contribution in [0.15, 0.2) is 66.7 Å². The molecule has 6 nitrogen and oxygen atoms in total. The second-order valence-corrected chi connectivity index (χ2v) is 8.46. The van der Waals surface area contributed by atoms with Gasteiger partial charge in [-0.1, -0.05) is 60.7 Å². The Bertz CT molecular complexity index is 1070. The fourth-order valence-electron chi connectivity index (χ4n) is 4.16. The number of rotatable bonds is 7. The Kier molecular flexibility index (Phi) is 5.28. The zero-order valence-corrected chi connectivity index (χ0v) is 17.4. The van der Waals surface area contributed by atoms with Gasteiger partial charge in [0.15, 0.2) is 5.69 Å². The molecule has 0 unspecified atom stereocenters. The number of benzene rings is 2. The first-order valence-corrected chi connectivity index (χ1v) is 10.9. The Labute approximate surface area is 181 Å². The van der Waals surface area contributed by atoms with E-state index in [9.17, 15) is 9.59 Å². The van der Waals surface area contributed by atoms with Crippen molar-refractivity contribution < 1.29 is 9.59 Å². The third-order valence-electron chi connectivity index (χ3n) is 6.07. The molecule has 2 aromatic carbocycles. The van der Waals surface area contributed by atoms with E-state index in [2.05, 4.69) is 22.5 Å². The maximum Gasteiger partial charge on any atom is 0.272 e. The van der Waals surface area contributed by atoms with Crippen molar-refractivity contribution in [3.8, 4) is 0 Å². The monoisotopic (exact) mass is 414 g/mol. The molecular formula is C25H26N4O2. The smallest absolute Gasteiger partial charge is 0.272 e. The van der Waals surface area contributed by atoms with E-state index < -0.39 is 0 Å². The van der Waals surface area contributed by atoms with Crippen LogP contribution in [0.2, 0.25) is 0 Å². The third-order valence-corrected chi connectivity index (χ3v) is 6.07. The molecule has 5 rings (SSSR count). The number of carbonyl (C=O) groups is 2. The van der Waals surface area contributed by atoms with Crippen LogP contribution in [0, 0.1) is 5.92 Å². The zero-order valence-electron chi connectivity index (χ0n) is 17.4. The van der Waals surface area contributed by atoms with Crippen LogP contribution in [0.3, 0.4) is 0 Å². The number of hydrogen-bond acceptors (Lipinski definition) is 3. The SMILES string of the molecule is O=C(N[C@@H](Cc1ccccc1)c1ccccc1)c1cc2n(n1)CCN(CC1CC1)C2=O. The molecule has 0 spiro atoms. The first-order valence-electron chi connectivity index (χ1n) is 10.9. The van der Waals surface area contributed by atoms with Gasteiger partial charge in [-0.15, -0.1) is 0 Å². The predicted molar refractivity (Wildman–Crippen MR) is 118 cm³/mol. The Morgan fingerprint density at radius 1 is 1.03 bits per heavy atom. The van der Waals surface area contributed by atoms with Gasteiger partial charge in [-0.3, -0.25) is 14.3 Å². The maximum absolute atomic E-state index is 13.1. The van der Waals surface area contributed by atoms with Gasteiger partial charge >= 0.3 is 0 Å². The highest BCUT2D eigenvalue weighted by atomic mass is 16.2. The van der Waals surface area contributed by atoms with E-state index in [0.29, 0.717) is 36.8 Å². The van der Waals surface area contributed by atoms with Crippen molar-refractivity contribution in [2.45, 2.75) is 31.8 Å². The molecule has 1 N–H and O–H groups in total. The summed E-state index contributed by atoms with van der Waals surface area (Å²) in [5, 5.41) is 7.58. The molecule has 3 aromatic rings. The fourth-order valence-corrected chi connectivity index (χ4v) is 4.16. The summed E-state index contributed by atoms with van der Waals surface area (Å²) in [4.78, 5) is 27.8. The highest BCUT2D eigenvalue weighted by Gasteiger charge is 2.32. The summed E-state index contributed by atoms with van der Waals surface area (Å²) >= 11 is 0. The molecular weight excluding hydrogens is 388 g/mol. The lowest BCUT2D eigenvalue weighted by Crippen LogP contribution is -2.41. The Morgan fingerprint density at radius 2 is 1.74 bits per heavy atom. The van der Waals surface area contributed by atoms with Crippen LogP contribution in [-0.4, -0.2) is 39.6 Å². The predicted octanol–water partition coefficient (Wildman–Crippen LogP) is 3.46. The molecule has 6 heteroatoms. The van der Waals surface area contributed by atoms with Gasteiger partial charge < -0.3 is 10.2 Å². The van der Waals surface area contributed by atoms with Crippen LogP contribution >= 0.6 is 0 Å². The summed E-state index contributed by atoms with van der Waals surface area (Å²) in [5.41, 5.74) is 2.99. The molecule has 2 amide bonds. The van der Waals surface area contributed by atoms with Crippen LogP contribution in [0.5, 0.6) is 0 Å². The van der Waals surface area contributed by atoms with Crippen molar-refractivity contribution in [2.24, 2.45) is 5.92 Å². The summed E-state index contributed by atoms with van der Waals surface area (Å²) in [5.74, 6) is 0.368. The molecule has 1 saturated carbocycles. The molecule has 1 aliphatic heterocycles. The van der Waals surface area contributed by atoms with Gasteiger partial charge in [0, 0.05) is 19.2 Å². The Hall–Kier alpha value is -3.41. The standard InChI is InChI=1S/C25H26N4O2/c30-24(22-16-23-25(31)28(17-19-11-12-19)13-14-29(23)27-22)26-21(20-9-5-2-6-10-20)15-18-7-3-1-4-8-18/h1-10,16,19,21H,11-15,17H2,(H,26,30)/t21-/m0/s1. The van der Waals surface area contributed by atoms with Gasteiger partial charge in [-0.05, 0) is 36.3 Å². The average molecular weight is 415 g/mol. The summed E-state index contributed by atoms with van der Waals surface area (Å²) < 4.78 is 1.68. The van der Waals surface area contributed by atoms with Gasteiger partial charge in [0.2, 0.25) is 0 Å². The Balaban J connectivity index is 1.34. The summed E-state index contributed by atoms with van der Waals surface area (Å²) in [6, 6.07) is 21.5. The lowest BCUT2D eigenvalue weighted by molar-refractivity contribution is 0.0688. The van der Waals surface area contributed by atoms with E-state index in [1.165, 1.54) is 12.8 Å². The molecule has 0 radical (unpaired) electrons. The summed E-state index contributed by atoms with van der Waals surface area (Å²) in [6.07, 6.45) is 3.09. The van der Waals surface area contributed by atoms with Crippen LogP contribution in [0.1, 0.15) is 51.0 Å². The van der Waals surface area contributed by atoms with Gasteiger partial charge in [0.25, 0.3) is 11.8 Å². The van der Waals surface area contributed by atoms with Crippen molar-refractivity contribution in [3.63, 3.8) is 0 Å². The molecule has 1 fully saturated rings. The van der Waals surface area contributed by atoms with E-state index in [0.717, 1.165) is 17.7 Å². The number of hydrogen-bond donors (Lipinski definition) is 1. The number of nitrogens with one attached hydrogen (secondary N) is 1. The van der Waals surface area contributed by atoms with Crippen molar-refractivity contribution in [1.82, 2.24) is 20.0 Å². The molecule has 158 valence electrons. The van der Waals surface area contributed by atoms with E-state index in [4.69, 9.17) is 0 Å². The fraction of sp³-hybridized carbons (Fsp3) is 0.320. The lowest BCUT2D eigenvalue weighted by Gasteiger charge is -2.27. The minimum Gasteiger partial charge on any atom is -0.344 e. The van der Waals surface area contributed by atoms with Crippen molar-refractivity contribution in [2.75, 3.05) is 13.1 Å². The molecule has 2 heterocycles. The molecule has 31 heavy (non-hydrogen) atoms. The normalized spacial score (nSPS) is 16.6. The van der Waals surface area contributed by atoms with Crippen LogP contribution in [0.25, 0.3) is 0 Å². The largest absolute Gasteiger partial charge is 0.344 e. The summed E-state index contributed by atoms with van der Waals surface area (Å²) in [7, 11) is 0. The summed E-state index contributed by atoms with van der Waals surface area (Å²) in [6.45, 7) is 2.11. The van der Waals surface area contributed by atoms with Crippen molar-refractivity contribution in [1.29, 1.82) is 0 Å². The van der Waals surface area contributed by atoms with Crippen LogP contribution < -0.4 is 5.32 Å². The highest BCUT2D eigenvalue weighted by Crippen LogP contribution is 2.31. The zero-order chi connectivity index (χ0) is 21.2. The number of fused-ring (bicyclic) bond motifs is 1. The molecule has 2 aliphatic rings. The molecule has 1 aromatic heterocycles. The number of amides is 2. The molecule has 0 bridgehead atoms. The Morgan fingerprint density at radius 3 is 2.45 bits per heavy atom. The van der Waals surface area contributed by atoms with E-state index in [1.807, 2.05) is 53.4 Å². The number of carbonyl (C=O) groups excluding carboxylic acids is 2. The quantitative estimate of drug-likeness (QED) is 0.644. The first kappa shape index (κ1) is 19.5. The first-order chi connectivity index (χ1) is 15.2. The molecule has 1 atom stereocenters. The van der Waals surface area contributed by atoms with E-state index in [1.54, 1.807) is 10.7 Å².